The number of sulfone groups is 5. The molecule has 0 spiro atoms. The maximum Gasteiger partial charge on any atom is 0.289 e. The molecule has 1 atom stereocenters. The van der Waals surface area contributed by atoms with Crippen LogP contribution in [0.25, 0.3) is 33.1 Å². The van der Waals surface area contributed by atoms with Gasteiger partial charge in [0.15, 0.2) is 25.0 Å². The van der Waals surface area contributed by atoms with Crippen LogP contribution >= 0.6 is 0 Å². The van der Waals surface area contributed by atoms with E-state index in [2.05, 4.69) is 29.9 Å². The van der Waals surface area contributed by atoms with Gasteiger partial charge in [-0.05, 0) is 72.8 Å². The lowest BCUT2D eigenvalue weighted by Crippen LogP contribution is -2.19. The number of benzene rings is 7. The van der Waals surface area contributed by atoms with Crippen molar-refractivity contribution in [3.63, 3.8) is 0 Å². The van der Waals surface area contributed by atoms with Crippen LogP contribution in [0.1, 0.15) is 0 Å². The van der Waals surface area contributed by atoms with Gasteiger partial charge in [-0.25, -0.2) is 67.0 Å². The van der Waals surface area contributed by atoms with Crippen molar-refractivity contribution in [3.8, 4) is 0 Å². The number of hydrogen-bond acceptors (Lipinski definition) is 17. The molecule has 23 heteroatoms. The van der Waals surface area contributed by atoms with E-state index in [1.807, 2.05) is 0 Å². The Morgan fingerprint density at radius 2 is 0.465 bits per heavy atom. The minimum absolute atomic E-state index is 0.0391. The van der Waals surface area contributed by atoms with Gasteiger partial charge in [-0.15, -0.1) is 0 Å². The van der Waals surface area contributed by atoms with E-state index >= 15 is 0 Å². The van der Waals surface area contributed by atoms with Crippen molar-refractivity contribution in [3.05, 3.63) is 182 Å². The van der Waals surface area contributed by atoms with E-state index in [4.69, 9.17) is 0 Å². The summed E-state index contributed by atoms with van der Waals surface area (Å²) in [5.74, 6) is 0. The normalized spacial score (nSPS) is 13.1. The van der Waals surface area contributed by atoms with E-state index in [-0.39, 0.29) is 9.79 Å². The summed E-state index contributed by atoms with van der Waals surface area (Å²) in [7, 11) is -24.9. The topological polar surface area (TPSA) is 271 Å². The highest BCUT2D eigenvalue weighted by Gasteiger charge is 2.40. The first-order chi connectivity index (χ1) is 33.9. The van der Waals surface area contributed by atoms with E-state index in [1.165, 1.54) is 170 Å². The molecule has 17 nitrogen and oxygen atoms in total. The highest BCUT2D eigenvalue weighted by atomic mass is 32.2. The van der Waals surface area contributed by atoms with Crippen LogP contribution in [0.5, 0.6) is 0 Å². The maximum absolute atomic E-state index is 14.8. The van der Waals surface area contributed by atoms with Gasteiger partial charge in [0.25, 0.3) is 5.03 Å². The zero-order valence-corrected chi connectivity index (χ0v) is 40.8. The molecule has 1 unspecified atom stereocenters. The molecule has 0 saturated carbocycles. The first-order valence-electron chi connectivity index (χ1n) is 20.7. The molecule has 0 aliphatic carbocycles. The minimum atomic E-state index is -5.03. The van der Waals surface area contributed by atoms with E-state index < -0.39 is 143 Å². The van der Waals surface area contributed by atoms with Crippen molar-refractivity contribution in [1.82, 2.24) is 29.9 Å². The lowest BCUT2D eigenvalue weighted by atomic mass is 10.2. The van der Waals surface area contributed by atoms with Crippen molar-refractivity contribution in [2.75, 3.05) is 0 Å². The Hall–Kier alpha value is -7.38. The third-order valence-corrected chi connectivity index (χ3v) is 21.0. The molecule has 354 valence electrons. The molecule has 0 aliphatic rings. The van der Waals surface area contributed by atoms with Crippen LogP contribution in [0.3, 0.4) is 0 Å². The molecule has 0 bridgehead atoms. The molecule has 0 saturated heterocycles. The Bertz CT molecular complexity index is 4240. The van der Waals surface area contributed by atoms with Crippen molar-refractivity contribution < 1.29 is 46.6 Å². The van der Waals surface area contributed by atoms with E-state index in [9.17, 15) is 46.6 Å². The molecule has 0 N–H and O–H groups in total. The molecular formula is C48H30N6O11S6. The average Bonchev–Trinajstić information content (AvgIpc) is 3.41. The van der Waals surface area contributed by atoms with Crippen LogP contribution in [0.4, 0.5) is 0 Å². The van der Waals surface area contributed by atoms with Crippen molar-refractivity contribution >= 4 is 93.5 Å². The molecule has 3 heterocycles. The van der Waals surface area contributed by atoms with E-state index in [0.717, 1.165) is 0 Å². The summed E-state index contributed by atoms with van der Waals surface area (Å²) < 4.78 is 163. The Morgan fingerprint density at radius 1 is 0.268 bits per heavy atom. The third-order valence-electron chi connectivity index (χ3n) is 10.8. The fourth-order valence-electron chi connectivity index (χ4n) is 7.41. The second-order valence-electron chi connectivity index (χ2n) is 15.3. The smallest absolute Gasteiger partial charge is 0.289 e. The van der Waals surface area contributed by atoms with Gasteiger partial charge in [0.05, 0.1) is 24.5 Å². The highest BCUT2D eigenvalue weighted by Crippen LogP contribution is 2.40. The second kappa shape index (κ2) is 17.8. The fraction of sp³-hybridized carbons (Fsp3) is 0. The van der Waals surface area contributed by atoms with E-state index in [1.54, 1.807) is 12.1 Å². The van der Waals surface area contributed by atoms with Crippen LogP contribution in [-0.4, -0.2) is 76.5 Å². The van der Waals surface area contributed by atoms with Crippen LogP contribution in [0, 0.1) is 0 Å². The molecular weight excluding hydrogens is 1030 g/mol. The van der Waals surface area contributed by atoms with Gasteiger partial charge in [0, 0.05) is 11.2 Å². The summed E-state index contributed by atoms with van der Waals surface area (Å²) in [6.45, 7) is 0. The molecule has 3 aromatic heterocycles. The van der Waals surface area contributed by atoms with Gasteiger partial charge < -0.3 is 4.55 Å². The van der Waals surface area contributed by atoms with Crippen molar-refractivity contribution in [2.45, 2.75) is 59.5 Å². The van der Waals surface area contributed by atoms with Crippen LogP contribution in [0.15, 0.2) is 242 Å². The largest absolute Gasteiger partial charge is 0.605 e. The van der Waals surface area contributed by atoms with Gasteiger partial charge in [-0.1, -0.05) is 109 Å². The molecule has 0 aliphatic heterocycles. The lowest BCUT2D eigenvalue weighted by Gasteiger charge is -2.17. The first-order valence-corrected chi connectivity index (χ1v) is 29.2. The second-order valence-corrected chi connectivity index (χ2v) is 26.0. The summed E-state index contributed by atoms with van der Waals surface area (Å²) >= 11 is -2.51. The Balaban J connectivity index is 1.47. The van der Waals surface area contributed by atoms with Crippen molar-refractivity contribution in [1.29, 1.82) is 0 Å². The van der Waals surface area contributed by atoms with Gasteiger partial charge >= 0.3 is 0 Å². The Kier molecular flexibility index (Phi) is 11.9. The van der Waals surface area contributed by atoms with Gasteiger partial charge in [-0.2, -0.15) is 4.98 Å². The Labute approximate surface area is 408 Å². The summed E-state index contributed by atoms with van der Waals surface area (Å²) in [5, 5.41) is -6.30. The Morgan fingerprint density at radius 3 is 0.718 bits per heavy atom. The molecule has 7 aromatic carbocycles. The lowest BCUT2D eigenvalue weighted by molar-refractivity contribution is 0.572. The maximum atomic E-state index is 14.8. The van der Waals surface area contributed by atoms with Gasteiger partial charge in [0.1, 0.15) is 33.1 Å². The van der Waals surface area contributed by atoms with Crippen LogP contribution < -0.4 is 0 Å². The number of fused-ring (bicyclic) bond motifs is 6. The third kappa shape index (κ3) is 8.09. The van der Waals surface area contributed by atoms with Crippen molar-refractivity contribution in [2.24, 2.45) is 0 Å². The predicted molar refractivity (Wildman–Crippen MR) is 256 cm³/mol. The zero-order chi connectivity index (χ0) is 49.9. The average molecular weight is 1060 g/mol. The van der Waals surface area contributed by atoms with Crippen LogP contribution in [-0.2, 0) is 60.4 Å². The standard InChI is InChI=1S/C48H30N6O11S6/c55-66(31-19-7-1-8-20-31)43-44(67(56,57)32-21-9-2-10-22-32)50-38-37(49-43)39-41(53-46(69(60,61)34-25-13-4-14-26-34)45(51-39)68(58,59)33-23-11-3-12-24-33)42-40(38)52-47(70(62,63)35-27-15-5-16-28-35)48(54-42)71(64,65)36-29-17-6-18-30-36/h1-30H. The summed E-state index contributed by atoms with van der Waals surface area (Å²) in [6.07, 6.45) is 0. The monoisotopic (exact) mass is 1060 g/mol. The molecule has 0 fully saturated rings. The first kappa shape index (κ1) is 47.3. The number of aromatic nitrogens is 6. The van der Waals surface area contributed by atoms with Crippen LogP contribution in [0.2, 0.25) is 0 Å². The van der Waals surface area contributed by atoms with Gasteiger partial charge in [-0.3, -0.25) is 0 Å². The highest BCUT2D eigenvalue weighted by molar-refractivity contribution is 7.95. The number of nitrogens with zero attached hydrogens (tertiary/aromatic N) is 6. The zero-order valence-electron chi connectivity index (χ0n) is 35.9. The minimum Gasteiger partial charge on any atom is -0.605 e. The fourth-order valence-corrected chi connectivity index (χ4v) is 16.4. The quantitative estimate of drug-likeness (QED) is 0.0894. The summed E-state index contributed by atoms with van der Waals surface area (Å²) in [5.41, 5.74) is -4.03. The molecule has 10 aromatic rings. The molecule has 71 heavy (non-hydrogen) atoms. The molecule has 0 radical (unpaired) electrons. The molecule has 10 rings (SSSR count). The summed E-state index contributed by atoms with van der Waals surface area (Å²) in [4.78, 5) is 24.9. The SMILES string of the molecule is O=S(=O)(c1ccccc1)c1nc2c(nc1[S+]([O-])c1ccccc1)c1nc(S(=O)(=O)c3ccccc3)c(S(=O)(=O)c3ccccc3)nc1c1nc(S(=O)(=O)c3ccccc3)c(S(=O)(=O)c3ccccc3)nc21. The molecule has 0 amide bonds. The summed E-state index contributed by atoms with van der Waals surface area (Å²) in [6, 6.07) is 40.9. The number of hydrogen-bond donors (Lipinski definition) is 0. The number of rotatable bonds is 12. The predicted octanol–water partition coefficient (Wildman–Crippen LogP) is 6.85. The van der Waals surface area contributed by atoms with Gasteiger partial charge in [0.2, 0.25) is 54.2 Å². The van der Waals surface area contributed by atoms with E-state index in [0.29, 0.717) is 0 Å².